The van der Waals surface area contributed by atoms with Gasteiger partial charge in [-0.05, 0) is 25.0 Å². The van der Waals surface area contributed by atoms with E-state index in [1.54, 1.807) is 19.2 Å². The lowest BCUT2D eigenvalue weighted by Crippen LogP contribution is -2.41. The van der Waals surface area contributed by atoms with Gasteiger partial charge in [0.15, 0.2) is 11.7 Å². The monoisotopic (exact) mass is 371 g/mol. The average molecular weight is 371 g/mol. The van der Waals surface area contributed by atoms with Crippen LogP contribution in [-0.2, 0) is 6.54 Å². The highest BCUT2D eigenvalue weighted by molar-refractivity contribution is 5.94. The van der Waals surface area contributed by atoms with E-state index in [9.17, 15) is 4.79 Å². The molecule has 7 heteroatoms. The number of aliphatic imine (C=N–C) groups is 1. The Bertz CT molecular complexity index is 723. The van der Waals surface area contributed by atoms with E-state index in [4.69, 9.17) is 4.52 Å². The van der Waals surface area contributed by atoms with Crippen molar-refractivity contribution in [3.05, 3.63) is 53.4 Å². The number of nitrogens with zero attached hydrogens (tertiary/aromatic N) is 2. The molecule has 3 N–H and O–H groups in total. The van der Waals surface area contributed by atoms with Gasteiger partial charge in [0.05, 0.1) is 12.2 Å². The Morgan fingerprint density at radius 3 is 2.48 bits per heavy atom. The van der Waals surface area contributed by atoms with Crippen molar-refractivity contribution in [2.75, 3.05) is 20.1 Å². The van der Waals surface area contributed by atoms with Gasteiger partial charge in [-0.3, -0.25) is 9.79 Å². The summed E-state index contributed by atoms with van der Waals surface area (Å²) in [5.74, 6) is 1.77. The van der Waals surface area contributed by atoms with E-state index in [-0.39, 0.29) is 5.91 Å². The summed E-state index contributed by atoms with van der Waals surface area (Å²) in [6.07, 6.45) is 2.10. The van der Waals surface area contributed by atoms with Crippen LogP contribution in [0.4, 0.5) is 0 Å². The van der Waals surface area contributed by atoms with Crippen molar-refractivity contribution in [2.24, 2.45) is 4.99 Å². The number of carbonyl (C=O) groups excluding carboxylic acids is 1. The Hall–Kier alpha value is -2.83. The molecule has 7 nitrogen and oxygen atoms in total. The van der Waals surface area contributed by atoms with E-state index >= 15 is 0 Å². The summed E-state index contributed by atoms with van der Waals surface area (Å²) in [7, 11) is 1.70. The second kappa shape index (κ2) is 11.0. The van der Waals surface area contributed by atoms with Crippen molar-refractivity contribution in [3.8, 4) is 0 Å². The van der Waals surface area contributed by atoms with Crippen LogP contribution in [0.1, 0.15) is 54.4 Å². The fraction of sp³-hybridized carbons (Fsp3) is 0.450. The number of benzene rings is 1. The molecule has 2 rings (SSSR count). The lowest BCUT2D eigenvalue weighted by atomic mass is 9.99. The molecule has 0 radical (unpaired) electrons. The zero-order valence-corrected chi connectivity index (χ0v) is 16.3. The summed E-state index contributed by atoms with van der Waals surface area (Å²) in [5.41, 5.74) is 1.65. The van der Waals surface area contributed by atoms with Crippen LogP contribution in [0.15, 0.2) is 45.9 Å². The third-order valence-electron chi connectivity index (χ3n) is 4.37. The first-order valence-electron chi connectivity index (χ1n) is 9.41. The Morgan fingerprint density at radius 2 is 1.81 bits per heavy atom. The maximum absolute atomic E-state index is 12.0. The predicted octanol–water partition coefficient (Wildman–Crippen LogP) is 2.67. The van der Waals surface area contributed by atoms with Gasteiger partial charge in [-0.1, -0.05) is 37.2 Å². The molecule has 1 heterocycles. The maximum Gasteiger partial charge on any atom is 0.251 e. The fourth-order valence-electron chi connectivity index (χ4n) is 2.75. The third kappa shape index (κ3) is 6.44. The molecule has 0 saturated carbocycles. The van der Waals surface area contributed by atoms with E-state index in [1.807, 2.05) is 24.3 Å². The van der Waals surface area contributed by atoms with Gasteiger partial charge in [-0.25, -0.2) is 0 Å². The maximum atomic E-state index is 12.0. The van der Waals surface area contributed by atoms with E-state index in [2.05, 4.69) is 39.9 Å². The van der Waals surface area contributed by atoms with Gasteiger partial charge in [0, 0.05) is 37.7 Å². The van der Waals surface area contributed by atoms with Gasteiger partial charge in [0.2, 0.25) is 0 Å². The highest BCUT2D eigenvalue weighted by Gasteiger charge is 2.13. The van der Waals surface area contributed by atoms with E-state index in [0.717, 1.165) is 24.3 Å². The predicted molar refractivity (Wildman–Crippen MR) is 107 cm³/mol. The molecule has 0 spiro atoms. The number of guanidine groups is 1. The number of carbonyl (C=O) groups is 1. The molecule has 0 atom stereocenters. The smallest absolute Gasteiger partial charge is 0.251 e. The SMILES string of the molecule is CCC(CC)c1cc(CNC(=NC)NCCNC(=O)c2ccccc2)on1. The third-order valence-corrected chi connectivity index (χ3v) is 4.37. The molecule has 0 unspecified atom stereocenters. The van der Waals surface area contributed by atoms with Crippen LogP contribution in [-0.4, -0.2) is 37.2 Å². The van der Waals surface area contributed by atoms with Crippen LogP contribution in [0.5, 0.6) is 0 Å². The molecule has 0 bridgehead atoms. The standard InChI is InChI=1S/C20H29N5O2/c1-4-15(5-2)18-13-17(27-25-18)14-24-20(21-3)23-12-11-22-19(26)16-9-7-6-8-10-16/h6-10,13,15H,4-5,11-12,14H2,1-3H3,(H,22,26)(H2,21,23,24). The molecule has 27 heavy (non-hydrogen) atoms. The van der Waals surface area contributed by atoms with Crippen LogP contribution in [0.2, 0.25) is 0 Å². The first kappa shape index (κ1) is 20.5. The lowest BCUT2D eigenvalue weighted by Gasteiger charge is -2.11. The summed E-state index contributed by atoms with van der Waals surface area (Å²) in [4.78, 5) is 16.1. The highest BCUT2D eigenvalue weighted by Crippen LogP contribution is 2.22. The molecule has 0 fully saturated rings. The van der Waals surface area contributed by atoms with Crippen molar-refractivity contribution in [3.63, 3.8) is 0 Å². The molecular formula is C20H29N5O2. The molecule has 0 aliphatic heterocycles. The molecule has 1 amide bonds. The minimum Gasteiger partial charge on any atom is -0.359 e. The van der Waals surface area contributed by atoms with E-state index < -0.39 is 0 Å². The largest absolute Gasteiger partial charge is 0.359 e. The van der Waals surface area contributed by atoms with Gasteiger partial charge in [0.1, 0.15) is 0 Å². The normalized spacial score (nSPS) is 11.5. The van der Waals surface area contributed by atoms with Gasteiger partial charge < -0.3 is 20.5 Å². The van der Waals surface area contributed by atoms with Crippen LogP contribution in [0.25, 0.3) is 0 Å². The van der Waals surface area contributed by atoms with Crippen molar-refractivity contribution in [1.82, 2.24) is 21.1 Å². The zero-order valence-electron chi connectivity index (χ0n) is 16.3. The Labute approximate surface area is 160 Å². The summed E-state index contributed by atoms with van der Waals surface area (Å²) in [6, 6.07) is 11.1. The molecule has 0 saturated heterocycles. The minimum absolute atomic E-state index is 0.0871. The quantitative estimate of drug-likeness (QED) is 0.358. The minimum atomic E-state index is -0.0871. The lowest BCUT2D eigenvalue weighted by molar-refractivity contribution is 0.0954. The number of nitrogens with one attached hydrogen (secondary N) is 3. The summed E-state index contributed by atoms with van der Waals surface area (Å²) in [6.45, 7) is 5.87. The zero-order chi connectivity index (χ0) is 19.5. The van der Waals surface area contributed by atoms with E-state index in [0.29, 0.717) is 37.1 Å². The van der Waals surface area contributed by atoms with Gasteiger partial charge in [-0.15, -0.1) is 0 Å². The van der Waals surface area contributed by atoms with Crippen LogP contribution in [0, 0.1) is 0 Å². The highest BCUT2D eigenvalue weighted by atomic mass is 16.5. The fourth-order valence-corrected chi connectivity index (χ4v) is 2.75. The summed E-state index contributed by atoms with van der Waals surface area (Å²) in [5, 5.41) is 13.4. The summed E-state index contributed by atoms with van der Waals surface area (Å²) >= 11 is 0. The number of hydrogen-bond donors (Lipinski definition) is 3. The topological polar surface area (TPSA) is 91.6 Å². The molecule has 0 aliphatic rings. The van der Waals surface area contributed by atoms with Crippen molar-refractivity contribution < 1.29 is 9.32 Å². The molecule has 0 aliphatic carbocycles. The molecular weight excluding hydrogens is 342 g/mol. The van der Waals surface area contributed by atoms with Crippen LogP contribution in [0.3, 0.4) is 0 Å². The molecule has 2 aromatic rings. The second-order valence-electron chi connectivity index (χ2n) is 6.21. The first-order valence-corrected chi connectivity index (χ1v) is 9.41. The van der Waals surface area contributed by atoms with Crippen molar-refractivity contribution in [2.45, 2.75) is 39.2 Å². The summed E-state index contributed by atoms with van der Waals surface area (Å²) < 4.78 is 5.40. The number of hydrogen-bond acceptors (Lipinski definition) is 4. The van der Waals surface area contributed by atoms with Gasteiger partial charge in [0.25, 0.3) is 5.91 Å². The Balaban J connectivity index is 1.71. The molecule has 146 valence electrons. The van der Waals surface area contributed by atoms with Crippen LogP contribution < -0.4 is 16.0 Å². The van der Waals surface area contributed by atoms with Gasteiger partial charge >= 0.3 is 0 Å². The molecule has 1 aromatic carbocycles. The number of rotatable bonds is 9. The Kier molecular flexibility index (Phi) is 8.35. The average Bonchev–Trinajstić information content (AvgIpc) is 3.17. The van der Waals surface area contributed by atoms with Crippen LogP contribution >= 0.6 is 0 Å². The number of amides is 1. The molecule has 1 aromatic heterocycles. The van der Waals surface area contributed by atoms with Crippen molar-refractivity contribution in [1.29, 1.82) is 0 Å². The van der Waals surface area contributed by atoms with Crippen molar-refractivity contribution >= 4 is 11.9 Å². The first-order chi connectivity index (χ1) is 13.2. The van der Waals surface area contributed by atoms with Gasteiger partial charge in [-0.2, -0.15) is 0 Å². The number of aromatic nitrogens is 1. The van der Waals surface area contributed by atoms with E-state index in [1.165, 1.54) is 0 Å². The second-order valence-corrected chi connectivity index (χ2v) is 6.21. The Morgan fingerprint density at radius 1 is 1.11 bits per heavy atom.